The summed E-state index contributed by atoms with van der Waals surface area (Å²) >= 11 is 0. The van der Waals surface area contributed by atoms with Crippen molar-refractivity contribution in [1.29, 1.82) is 0 Å². The van der Waals surface area contributed by atoms with Crippen molar-refractivity contribution >= 4 is 11.9 Å². The molecule has 0 saturated carbocycles. The van der Waals surface area contributed by atoms with Crippen molar-refractivity contribution in [2.75, 3.05) is 0 Å². The highest BCUT2D eigenvalue weighted by Gasteiger charge is 2.44. The lowest BCUT2D eigenvalue weighted by atomic mass is 9.74. The van der Waals surface area contributed by atoms with Crippen molar-refractivity contribution < 1.29 is 19.4 Å². The Morgan fingerprint density at radius 3 is 2.81 bits per heavy atom. The van der Waals surface area contributed by atoms with E-state index in [2.05, 4.69) is 6.92 Å². The lowest BCUT2D eigenvalue weighted by Gasteiger charge is -2.32. The second-order valence-corrected chi connectivity index (χ2v) is 4.54. The topological polar surface area (TPSA) is 63.6 Å². The molecule has 0 aromatic rings. The van der Waals surface area contributed by atoms with Crippen molar-refractivity contribution in [1.82, 2.24) is 0 Å². The predicted molar refractivity (Wildman–Crippen MR) is 56.7 cm³/mol. The highest BCUT2D eigenvalue weighted by molar-refractivity contribution is 5.73. The smallest absolute Gasteiger partial charge is 0.306 e. The summed E-state index contributed by atoms with van der Waals surface area (Å²) in [6.45, 7) is 2.05. The van der Waals surface area contributed by atoms with Gasteiger partial charge < -0.3 is 9.84 Å². The SMILES string of the molecule is CC[C@H]1C=C[C@@H](CC(=O)O)[C@@H]2CC(=O)O[C@@H]21. The molecule has 0 radical (unpaired) electrons. The molecule has 0 aromatic carbocycles. The van der Waals surface area contributed by atoms with Gasteiger partial charge in [-0.05, 0) is 12.3 Å². The molecule has 4 heteroatoms. The monoisotopic (exact) mass is 224 g/mol. The minimum atomic E-state index is -0.817. The molecule has 4 atom stereocenters. The minimum Gasteiger partial charge on any atom is -0.481 e. The van der Waals surface area contributed by atoms with E-state index in [0.29, 0.717) is 6.42 Å². The number of carbonyl (C=O) groups is 2. The molecule has 0 aromatic heterocycles. The first-order valence-electron chi connectivity index (χ1n) is 5.71. The molecule has 2 aliphatic rings. The summed E-state index contributed by atoms with van der Waals surface area (Å²) in [4.78, 5) is 22.0. The quantitative estimate of drug-likeness (QED) is 0.584. The fourth-order valence-electron chi connectivity index (χ4n) is 2.72. The molecule has 88 valence electrons. The first-order chi connectivity index (χ1) is 7.61. The summed E-state index contributed by atoms with van der Waals surface area (Å²) in [7, 11) is 0. The summed E-state index contributed by atoms with van der Waals surface area (Å²) in [6, 6.07) is 0. The summed E-state index contributed by atoms with van der Waals surface area (Å²) in [5, 5.41) is 8.82. The molecule has 1 aliphatic heterocycles. The number of aliphatic carboxylic acids is 1. The number of hydrogen-bond donors (Lipinski definition) is 1. The zero-order valence-corrected chi connectivity index (χ0v) is 9.26. The lowest BCUT2D eigenvalue weighted by molar-refractivity contribution is -0.143. The van der Waals surface area contributed by atoms with Crippen LogP contribution in [0.3, 0.4) is 0 Å². The number of rotatable bonds is 3. The van der Waals surface area contributed by atoms with Gasteiger partial charge in [0, 0.05) is 11.8 Å². The Kier molecular flexibility index (Phi) is 2.99. The normalized spacial score (nSPS) is 36.9. The Bertz CT molecular complexity index is 334. The van der Waals surface area contributed by atoms with E-state index >= 15 is 0 Å². The van der Waals surface area contributed by atoms with E-state index < -0.39 is 5.97 Å². The van der Waals surface area contributed by atoms with E-state index in [9.17, 15) is 9.59 Å². The van der Waals surface area contributed by atoms with Crippen LogP contribution in [0, 0.1) is 17.8 Å². The van der Waals surface area contributed by atoms with Crippen LogP contribution in [0.4, 0.5) is 0 Å². The Hall–Kier alpha value is -1.32. The zero-order valence-electron chi connectivity index (χ0n) is 9.26. The lowest BCUT2D eigenvalue weighted by Crippen LogP contribution is -2.33. The van der Waals surface area contributed by atoms with Crippen LogP contribution in [-0.4, -0.2) is 23.1 Å². The van der Waals surface area contributed by atoms with Gasteiger partial charge in [0.15, 0.2) is 0 Å². The molecule has 1 N–H and O–H groups in total. The van der Waals surface area contributed by atoms with Gasteiger partial charge in [0.2, 0.25) is 0 Å². The zero-order chi connectivity index (χ0) is 11.7. The van der Waals surface area contributed by atoms with Crippen LogP contribution < -0.4 is 0 Å². The number of carboxylic acids is 1. The fourth-order valence-corrected chi connectivity index (χ4v) is 2.72. The molecule has 16 heavy (non-hydrogen) atoms. The van der Waals surface area contributed by atoms with Crippen molar-refractivity contribution in [3.63, 3.8) is 0 Å². The van der Waals surface area contributed by atoms with E-state index in [1.54, 1.807) is 0 Å². The Morgan fingerprint density at radius 1 is 1.50 bits per heavy atom. The third kappa shape index (κ3) is 1.96. The molecule has 0 spiro atoms. The van der Waals surface area contributed by atoms with E-state index in [4.69, 9.17) is 9.84 Å². The number of hydrogen-bond acceptors (Lipinski definition) is 3. The molecule has 4 nitrogen and oxygen atoms in total. The third-order valence-corrected chi connectivity index (χ3v) is 3.55. The second kappa shape index (κ2) is 4.28. The first kappa shape index (κ1) is 11.2. The molecule has 1 aliphatic carbocycles. The third-order valence-electron chi connectivity index (χ3n) is 3.55. The van der Waals surface area contributed by atoms with Gasteiger partial charge in [0.05, 0.1) is 12.8 Å². The van der Waals surface area contributed by atoms with E-state index in [1.807, 2.05) is 12.2 Å². The molecular weight excluding hydrogens is 208 g/mol. The Labute approximate surface area is 94.3 Å². The van der Waals surface area contributed by atoms with Crippen molar-refractivity contribution in [3.05, 3.63) is 12.2 Å². The van der Waals surface area contributed by atoms with Gasteiger partial charge in [-0.25, -0.2) is 0 Å². The molecule has 2 rings (SSSR count). The summed E-state index contributed by atoms with van der Waals surface area (Å²) in [5.41, 5.74) is 0. The van der Waals surface area contributed by atoms with E-state index in [-0.39, 0.29) is 36.2 Å². The molecule has 1 heterocycles. The van der Waals surface area contributed by atoms with Gasteiger partial charge in [-0.2, -0.15) is 0 Å². The molecule has 0 unspecified atom stereocenters. The molecule has 1 saturated heterocycles. The van der Waals surface area contributed by atoms with E-state index in [0.717, 1.165) is 6.42 Å². The molecule has 0 amide bonds. The van der Waals surface area contributed by atoms with Crippen LogP contribution in [0.25, 0.3) is 0 Å². The van der Waals surface area contributed by atoms with E-state index in [1.165, 1.54) is 0 Å². The molecule has 0 bridgehead atoms. The van der Waals surface area contributed by atoms with Gasteiger partial charge in [-0.3, -0.25) is 9.59 Å². The van der Waals surface area contributed by atoms with Crippen LogP contribution in [0.1, 0.15) is 26.2 Å². The van der Waals surface area contributed by atoms with Crippen LogP contribution in [-0.2, 0) is 14.3 Å². The number of fused-ring (bicyclic) bond motifs is 1. The standard InChI is InChI=1S/C12H16O4/c1-2-7-3-4-8(5-10(13)14)9-6-11(15)16-12(7)9/h3-4,7-9,12H,2,5-6H2,1H3,(H,13,14)/t7-,8-,9-,12+/m0/s1. The number of ether oxygens (including phenoxy) is 1. The van der Waals surface area contributed by atoms with Crippen molar-refractivity contribution in [2.24, 2.45) is 17.8 Å². The largest absolute Gasteiger partial charge is 0.481 e. The minimum absolute atomic E-state index is 0.0542. The van der Waals surface area contributed by atoms with Crippen molar-refractivity contribution in [3.8, 4) is 0 Å². The Morgan fingerprint density at radius 2 is 2.19 bits per heavy atom. The first-order valence-corrected chi connectivity index (χ1v) is 5.71. The van der Waals surface area contributed by atoms with Crippen LogP contribution in [0.5, 0.6) is 0 Å². The maximum Gasteiger partial charge on any atom is 0.306 e. The molecular formula is C12H16O4. The molecule has 1 fully saturated rings. The number of carboxylic acid groups (broad SMARTS) is 1. The van der Waals surface area contributed by atoms with Crippen LogP contribution >= 0.6 is 0 Å². The maximum absolute atomic E-state index is 11.3. The summed E-state index contributed by atoms with van der Waals surface area (Å²) in [6.07, 6.45) is 5.23. The van der Waals surface area contributed by atoms with Gasteiger partial charge >= 0.3 is 11.9 Å². The highest BCUT2D eigenvalue weighted by Crippen LogP contribution is 2.40. The van der Waals surface area contributed by atoms with Crippen molar-refractivity contribution in [2.45, 2.75) is 32.3 Å². The Balaban J connectivity index is 2.17. The average Bonchev–Trinajstić information content (AvgIpc) is 2.59. The number of allylic oxidation sites excluding steroid dienone is 1. The average molecular weight is 224 g/mol. The van der Waals surface area contributed by atoms with Gasteiger partial charge in [0.25, 0.3) is 0 Å². The predicted octanol–water partition coefficient (Wildman–Crippen LogP) is 1.60. The summed E-state index contributed by atoms with van der Waals surface area (Å²) in [5.74, 6) is -0.757. The highest BCUT2D eigenvalue weighted by atomic mass is 16.6. The fraction of sp³-hybridized carbons (Fsp3) is 0.667. The van der Waals surface area contributed by atoms with Gasteiger partial charge in [-0.15, -0.1) is 0 Å². The maximum atomic E-state index is 11.3. The van der Waals surface area contributed by atoms with Crippen LogP contribution in [0.15, 0.2) is 12.2 Å². The summed E-state index contributed by atoms with van der Waals surface area (Å²) < 4.78 is 5.30. The van der Waals surface area contributed by atoms with Gasteiger partial charge in [0.1, 0.15) is 6.10 Å². The van der Waals surface area contributed by atoms with Crippen LogP contribution in [0.2, 0.25) is 0 Å². The number of esters is 1. The second-order valence-electron chi connectivity index (χ2n) is 4.54. The van der Waals surface area contributed by atoms with Gasteiger partial charge in [-0.1, -0.05) is 19.1 Å². The number of carbonyl (C=O) groups excluding carboxylic acids is 1.